The zero-order valence-corrected chi connectivity index (χ0v) is 20.1. The highest BCUT2D eigenvalue weighted by molar-refractivity contribution is 5.86. The number of carbonyl (C=O) groups is 2. The van der Waals surface area contributed by atoms with Crippen LogP contribution in [0.3, 0.4) is 0 Å². The summed E-state index contributed by atoms with van der Waals surface area (Å²) in [5.41, 5.74) is 8.66. The number of hydrogen-bond acceptors (Lipinski definition) is 4. The van der Waals surface area contributed by atoms with Crippen LogP contribution >= 0.6 is 0 Å². The predicted molar refractivity (Wildman–Crippen MR) is 134 cm³/mol. The lowest BCUT2D eigenvalue weighted by atomic mass is 10.0. The molecule has 2 aromatic rings. The van der Waals surface area contributed by atoms with E-state index in [1.54, 1.807) is 6.92 Å². The fraction of sp³-hybridized carbons (Fsp3) is 0.370. The summed E-state index contributed by atoms with van der Waals surface area (Å²) in [4.78, 5) is 25.6. The number of allylic oxidation sites excluding steroid dienone is 1. The Kier molecular flexibility index (Phi) is 10.5. The SMILES string of the molecule is CC(C)=CCN(CC(C)NC(=O)[CH]CC(C)C(N)=O)c1ccc(OCc2ccccc2)cc1. The first kappa shape index (κ1) is 26.0. The van der Waals surface area contributed by atoms with Gasteiger partial charge in [-0.2, -0.15) is 0 Å². The molecule has 2 aromatic carbocycles. The first-order valence-corrected chi connectivity index (χ1v) is 11.3. The van der Waals surface area contributed by atoms with Crippen LogP contribution in [0.1, 0.15) is 39.7 Å². The summed E-state index contributed by atoms with van der Waals surface area (Å²) in [6.45, 7) is 9.71. The van der Waals surface area contributed by atoms with E-state index >= 15 is 0 Å². The minimum Gasteiger partial charge on any atom is -0.489 e. The van der Waals surface area contributed by atoms with E-state index < -0.39 is 5.91 Å². The number of amides is 2. The number of nitrogens with one attached hydrogen (secondary N) is 1. The van der Waals surface area contributed by atoms with Gasteiger partial charge in [-0.05, 0) is 57.0 Å². The second-order valence-electron chi connectivity index (χ2n) is 8.61. The molecule has 2 rings (SSSR count). The summed E-state index contributed by atoms with van der Waals surface area (Å²) >= 11 is 0. The highest BCUT2D eigenvalue weighted by atomic mass is 16.5. The zero-order valence-electron chi connectivity index (χ0n) is 20.1. The van der Waals surface area contributed by atoms with Gasteiger partial charge in [-0.25, -0.2) is 0 Å². The fourth-order valence-corrected chi connectivity index (χ4v) is 3.15. The van der Waals surface area contributed by atoms with Crippen molar-refractivity contribution in [3.63, 3.8) is 0 Å². The van der Waals surface area contributed by atoms with Crippen LogP contribution < -0.4 is 20.7 Å². The number of rotatable bonds is 13. The molecule has 0 saturated heterocycles. The Bertz CT molecular complexity index is 906. The van der Waals surface area contributed by atoms with Gasteiger partial charge >= 0.3 is 0 Å². The van der Waals surface area contributed by atoms with Crippen molar-refractivity contribution in [3.05, 3.63) is 78.2 Å². The van der Waals surface area contributed by atoms with Crippen LogP contribution in [0.2, 0.25) is 0 Å². The summed E-state index contributed by atoms with van der Waals surface area (Å²) in [5, 5.41) is 2.98. The first-order chi connectivity index (χ1) is 15.7. The average Bonchev–Trinajstić information content (AvgIpc) is 2.79. The maximum atomic E-state index is 12.2. The van der Waals surface area contributed by atoms with Crippen LogP contribution in [0, 0.1) is 12.3 Å². The van der Waals surface area contributed by atoms with Crippen LogP contribution in [0.15, 0.2) is 66.2 Å². The van der Waals surface area contributed by atoms with Gasteiger partial charge in [0, 0.05) is 30.7 Å². The van der Waals surface area contributed by atoms with Crippen molar-refractivity contribution in [3.8, 4) is 5.75 Å². The number of carbonyl (C=O) groups excluding carboxylic acids is 2. The molecule has 0 aliphatic carbocycles. The Hall–Kier alpha value is -3.28. The zero-order chi connectivity index (χ0) is 24.2. The van der Waals surface area contributed by atoms with Gasteiger partial charge < -0.3 is 20.7 Å². The minimum absolute atomic E-state index is 0.0859. The van der Waals surface area contributed by atoms with Crippen molar-refractivity contribution in [1.29, 1.82) is 0 Å². The normalized spacial score (nSPS) is 12.4. The predicted octanol–water partition coefficient (Wildman–Crippen LogP) is 4.26. The van der Waals surface area contributed by atoms with E-state index in [1.165, 1.54) is 12.0 Å². The first-order valence-electron chi connectivity index (χ1n) is 11.3. The number of benzene rings is 2. The molecule has 0 spiro atoms. The Morgan fingerprint density at radius 2 is 1.73 bits per heavy atom. The number of primary amides is 1. The number of nitrogens with two attached hydrogens (primary N) is 1. The Morgan fingerprint density at radius 1 is 1.06 bits per heavy atom. The van der Waals surface area contributed by atoms with Gasteiger partial charge in [-0.1, -0.05) is 48.9 Å². The molecular formula is C27H36N3O3. The summed E-state index contributed by atoms with van der Waals surface area (Å²) < 4.78 is 5.90. The summed E-state index contributed by atoms with van der Waals surface area (Å²) in [7, 11) is 0. The highest BCUT2D eigenvalue weighted by Crippen LogP contribution is 2.21. The van der Waals surface area contributed by atoms with E-state index in [0.29, 0.717) is 19.6 Å². The standard InChI is InChI=1S/C27H36N3O3/c1-20(2)16-17-30(18-22(4)29-26(31)15-10-21(3)27(28)32)24-11-13-25(14-12-24)33-19-23-8-6-5-7-9-23/h5-9,11-16,21-22H,10,17-19H2,1-4H3,(H2,28,32)(H,29,31). The molecule has 2 atom stereocenters. The minimum atomic E-state index is -0.406. The quantitative estimate of drug-likeness (QED) is 0.447. The van der Waals surface area contributed by atoms with Crippen LogP contribution in [0.5, 0.6) is 5.75 Å². The van der Waals surface area contributed by atoms with E-state index in [0.717, 1.165) is 23.5 Å². The lowest BCUT2D eigenvalue weighted by Crippen LogP contribution is -2.42. The molecular weight excluding hydrogens is 414 g/mol. The van der Waals surface area contributed by atoms with Crippen molar-refractivity contribution in [2.75, 3.05) is 18.0 Å². The van der Waals surface area contributed by atoms with E-state index in [1.807, 2.05) is 61.5 Å². The van der Waals surface area contributed by atoms with Crippen LogP contribution in [0.25, 0.3) is 0 Å². The second-order valence-corrected chi connectivity index (χ2v) is 8.61. The molecule has 0 fully saturated rings. The van der Waals surface area contributed by atoms with E-state index in [4.69, 9.17) is 10.5 Å². The molecule has 177 valence electrons. The highest BCUT2D eigenvalue weighted by Gasteiger charge is 2.16. The molecule has 0 heterocycles. The monoisotopic (exact) mass is 450 g/mol. The number of nitrogens with zero attached hydrogens (tertiary/aromatic N) is 1. The van der Waals surface area contributed by atoms with Gasteiger partial charge in [-0.15, -0.1) is 0 Å². The molecule has 2 amide bonds. The Balaban J connectivity index is 1.96. The van der Waals surface area contributed by atoms with E-state index in [-0.39, 0.29) is 17.9 Å². The van der Waals surface area contributed by atoms with Gasteiger partial charge in [0.15, 0.2) is 0 Å². The van der Waals surface area contributed by atoms with Crippen LogP contribution in [-0.4, -0.2) is 30.9 Å². The number of ether oxygens (including phenoxy) is 1. The molecule has 6 heteroatoms. The van der Waals surface area contributed by atoms with E-state index in [2.05, 4.69) is 30.1 Å². The third kappa shape index (κ3) is 9.81. The molecule has 2 unspecified atom stereocenters. The summed E-state index contributed by atoms with van der Waals surface area (Å²) in [5.74, 6) is -0.147. The lowest BCUT2D eigenvalue weighted by molar-refractivity contribution is -0.121. The van der Waals surface area contributed by atoms with E-state index in [9.17, 15) is 9.59 Å². The fourth-order valence-electron chi connectivity index (χ4n) is 3.15. The second kappa shape index (κ2) is 13.3. The third-order valence-corrected chi connectivity index (χ3v) is 5.20. The molecule has 1 radical (unpaired) electrons. The molecule has 6 nitrogen and oxygen atoms in total. The molecule has 0 saturated carbocycles. The topological polar surface area (TPSA) is 84.7 Å². The lowest BCUT2D eigenvalue weighted by Gasteiger charge is -2.28. The van der Waals surface area contributed by atoms with Gasteiger partial charge in [0.2, 0.25) is 11.8 Å². The van der Waals surface area contributed by atoms with Gasteiger partial charge in [0.25, 0.3) is 0 Å². The molecule has 3 N–H and O–H groups in total. The van der Waals surface area contributed by atoms with Crippen LogP contribution in [0.4, 0.5) is 5.69 Å². The number of anilines is 1. The van der Waals surface area contributed by atoms with Gasteiger partial charge in [-0.3, -0.25) is 9.59 Å². The van der Waals surface area contributed by atoms with Crippen molar-refractivity contribution < 1.29 is 14.3 Å². The molecule has 33 heavy (non-hydrogen) atoms. The summed E-state index contributed by atoms with van der Waals surface area (Å²) in [6.07, 6.45) is 3.99. The molecule has 0 bridgehead atoms. The van der Waals surface area contributed by atoms with Gasteiger partial charge in [0.05, 0.1) is 6.42 Å². The van der Waals surface area contributed by atoms with Crippen LogP contribution in [-0.2, 0) is 16.2 Å². The molecule has 0 aromatic heterocycles. The maximum Gasteiger partial charge on any atom is 0.224 e. The van der Waals surface area contributed by atoms with Crippen molar-refractivity contribution in [2.45, 2.75) is 46.8 Å². The Morgan fingerprint density at radius 3 is 2.33 bits per heavy atom. The number of hydrogen-bond donors (Lipinski definition) is 2. The van der Waals surface area contributed by atoms with Gasteiger partial charge in [0.1, 0.15) is 12.4 Å². The average molecular weight is 451 g/mol. The third-order valence-electron chi connectivity index (χ3n) is 5.20. The largest absolute Gasteiger partial charge is 0.489 e. The molecule has 0 aliphatic rings. The van der Waals surface area contributed by atoms with Crippen molar-refractivity contribution in [2.24, 2.45) is 11.7 Å². The smallest absolute Gasteiger partial charge is 0.224 e. The molecule has 0 aliphatic heterocycles. The maximum absolute atomic E-state index is 12.2. The van der Waals surface area contributed by atoms with Crippen molar-refractivity contribution >= 4 is 17.5 Å². The summed E-state index contributed by atoms with van der Waals surface area (Å²) in [6, 6.07) is 18.0. The van der Waals surface area contributed by atoms with Crippen molar-refractivity contribution in [1.82, 2.24) is 5.32 Å². The Labute approximate surface area is 197 Å².